The minimum atomic E-state index is -3.81. The lowest BCUT2D eigenvalue weighted by molar-refractivity contribution is -0.143. The van der Waals surface area contributed by atoms with Crippen LogP contribution in [0.1, 0.15) is 5.69 Å². The number of carbonyl (C=O) groups is 1. The number of nitrogens with zero attached hydrogens (tertiary/aromatic N) is 1. The molecule has 0 aliphatic heterocycles. The Morgan fingerprint density at radius 2 is 1.89 bits per heavy atom. The topological polar surface area (TPSA) is 98.5 Å². The van der Waals surface area contributed by atoms with E-state index in [9.17, 15) is 13.2 Å². The molecule has 0 amide bonds. The molecule has 0 saturated carbocycles. The van der Waals surface area contributed by atoms with Gasteiger partial charge in [-0.2, -0.15) is 4.72 Å². The first-order valence-corrected chi connectivity index (χ1v) is 10.1. The predicted molar refractivity (Wildman–Crippen MR) is 101 cm³/mol. The highest BCUT2D eigenvalue weighted by atomic mass is 79.9. The predicted octanol–water partition coefficient (Wildman–Crippen LogP) is 3.13. The van der Waals surface area contributed by atoms with Crippen molar-refractivity contribution in [1.29, 1.82) is 0 Å². The number of ether oxygens (including phenoxy) is 1. The van der Waals surface area contributed by atoms with Crippen LogP contribution in [-0.2, 0) is 26.2 Å². The standard InChI is InChI=1S/C18H15BrN2O5S/c19-14-7-4-8-16(9-14)27(23,24)20-11-18(22)25-12-15-10-17(26-21-15)13-5-2-1-3-6-13/h1-10,20H,11-12H2. The molecule has 0 aliphatic carbocycles. The second-order valence-corrected chi connectivity index (χ2v) is 8.17. The normalized spacial score (nSPS) is 11.3. The zero-order valence-electron chi connectivity index (χ0n) is 14.0. The fourth-order valence-electron chi connectivity index (χ4n) is 2.20. The van der Waals surface area contributed by atoms with Crippen molar-refractivity contribution in [3.05, 3.63) is 70.8 Å². The zero-order chi connectivity index (χ0) is 19.3. The van der Waals surface area contributed by atoms with Gasteiger partial charge in [-0.1, -0.05) is 57.5 Å². The van der Waals surface area contributed by atoms with Crippen LogP contribution in [0.5, 0.6) is 0 Å². The number of nitrogens with one attached hydrogen (secondary N) is 1. The Labute approximate surface area is 164 Å². The molecule has 0 bridgehead atoms. The molecule has 3 rings (SSSR count). The molecule has 0 radical (unpaired) electrons. The lowest BCUT2D eigenvalue weighted by atomic mass is 10.2. The molecule has 1 N–H and O–H groups in total. The number of hydrogen-bond acceptors (Lipinski definition) is 6. The summed E-state index contributed by atoms with van der Waals surface area (Å²) in [5.74, 6) is -0.171. The molecule has 9 heteroatoms. The number of hydrogen-bond donors (Lipinski definition) is 1. The molecule has 0 spiro atoms. The van der Waals surface area contributed by atoms with Crippen LogP contribution in [0.3, 0.4) is 0 Å². The van der Waals surface area contributed by atoms with Crippen LogP contribution in [0.2, 0.25) is 0 Å². The smallest absolute Gasteiger partial charge is 0.321 e. The number of carbonyl (C=O) groups excluding carboxylic acids is 1. The molecular formula is C18H15BrN2O5S. The quantitative estimate of drug-likeness (QED) is 0.555. The molecule has 2 aromatic carbocycles. The Balaban J connectivity index is 1.52. The average Bonchev–Trinajstić information content (AvgIpc) is 3.15. The van der Waals surface area contributed by atoms with Gasteiger partial charge in [-0.3, -0.25) is 4.79 Å². The molecular weight excluding hydrogens is 436 g/mol. The maximum absolute atomic E-state index is 12.2. The van der Waals surface area contributed by atoms with Gasteiger partial charge < -0.3 is 9.26 Å². The summed E-state index contributed by atoms with van der Waals surface area (Å²) in [6, 6.07) is 17.2. The van der Waals surface area contributed by atoms with Crippen molar-refractivity contribution in [3.63, 3.8) is 0 Å². The number of sulfonamides is 1. The van der Waals surface area contributed by atoms with Gasteiger partial charge in [0, 0.05) is 16.1 Å². The van der Waals surface area contributed by atoms with E-state index in [1.807, 2.05) is 30.3 Å². The monoisotopic (exact) mass is 450 g/mol. The van der Waals surface area contributed by atoms with E-state index in [0.29, 0.717) is 15.9 Å². The Hall–Kier alpha value is -2.49. The van der Waals surface area contributed by atoms with Crippen molar-refractivity contribution in [1.82, 2.24) is 9.88 Å². The van der Waals surface area contributed by atoms with E-state index in [0.717, 1.165) is 5.56 Å². The summed E-state index contributed by atoms with van der Waals surface area (Å²) < 4.78 is 37.4. The van der Waals surface area contributed by atoms with Gasteiger partial charge in [-0.15, -0.1) is 0 Å². The van der Waals surface area contributed by atoms with E-state index >= 15 is 0 Å². The molecule has 0 aliphatic rings. The summed E-state index contributed by atoms with van der Waals surface area (Å²) in [5, 5.41) is 3.83. The van der Waals surface area contributed by atoms with Crippen LogP contribution in [0, 0.1) is 0 Å². The summed E-state index contributed by atoms with van der Waals surface area (Å²) >= 11 is 3.20. The van der Waals surface area contributed by atoms with Gasteiger partial charge in [0.1, 0.15) is 18.8 Å². The van der Waals surface area contributed by atoms with E-state index < -0.39 is 22.5 Å². The Morgan fingerprint density at radius 1 is 1.11 bits per heavy atom. The van der Waals surface area contributed by atoms with Crippen molar-refractivity contribution >= 4 is 31.9 Å². The van der Waals surface area contributed by atoms with E-state index in [-0.39, 0.29) is 11.5 Å². The summed E-state index contributed by atoms with van der Waals surface area (Å²) in [6.07, 6.45) is 0. The summed E-state index contributed by atoms with van der Waals surface area (Å²) in [4.78, 5) is 11.9. The minimum Gasteiger partial charge on any atom is -0.458 e. The lowest BCUT2D eigenvalue weighted by Gasteiger charge is -2.07. The number of aromatic nitrogens is 1. The molecule has 0 saturated heterocycles. The first kappa shape index (κ1) is 19.3. The number of benzene rings is 2. The first-order valence-electron chi connectivity index (χ1n) is 7.86. The third-order valence-electron chi connectivity index (χ3n) is 3.51. The summed E-state index contributed by atoms with van der Waals surface area (Å²) in [5.41, 5.74) is 1.28. The second-order valence-electron chi connectivity index (χ2n) is 5.49. The number of halogens is 1. The zero-order valence-corrected chi connectivity index (χ0v) is 16.4. The van der Waals surface area contributed by atoms with Gasteiger partial charge in [-0.25, -0.2) is 8.42 Å². The summed E-state index contributed by atoms with van der Waals surface area (Å²) in [7, 11) is -3.81. The van der Waals surface area contributed by atoms with Crippen LogP contribution in [-0.4, -0.2) is 26.1 Å². The third-order valence-corrected chi connectivity index (χ3v) is 5.40. The van der Waals surface area contributed by atoms with Crippen LogP contribution in [0.25, 0.3) is 11.3 Å². The van der Waals surface area contributed by atoms with Gasteiger partial charge in [0.05, 0.1) is 4.90 Å². The third kappa shape index (κ3) is 5.25. The van der Waals surface area contributed by atoms with E-state index in [1.165, 1.54) is 12.1 Å². The van der Waals surface area contributed by atoms with E-state index in [2.05, 4.69) is 25.8 Å². The Morgan fingerprint density at radius 3 is 2.63 bits per heavy atom. The average molecular weight is 451 g/mol. The van der Waals surface area contributed by atoms with Gasteiger partial charge in [0.25, 0.3) is 0 Å². The van der Waals surface area contributed by atoms with Gasteiger partial charge >= 0.3 is 5.97 Å². The Bertz CT molecular complexity index is 1030. The highest BCUT2D eigenvalue weighted by molar-refractivity contribution is 9.10. The van der Waals surface area contributed by atoms with Crippen molar-refractivity contribution in [2.24, 2.45) is 0 Å². The fourth-order valence-corrected chi connectivity index (χ4v) is 3.76. The number of esters is 1. The highest BCUT2D eigenvalue weighted by Gasteiger charge is 2.17. The highest BCUT2D eigenvalue weighted by Crippen LogP contribution is 2.20. The molecule has 0 unspecified atom stereocenters. The van der Waals surface area contributed by atoms with Crippen molar-refractivity contribution < 1.29 is 22.5 Å². The lowest BCUT2D eigenvalue weighted by Crippen LogP contribution is -2.30. The molecule has 1 heterocycles. The molecule has 27 heavy (non-hydrogen) atoms. The Kier molecular flexibility index (Phi) is 6.04. The molecule has 1 aromatic heterocycles. The maximum Gasteiger partial charge on any atom is 0.321 e. The summed E-state index contributed by atoms with van der Waals surface area (Å²) in [6.45, 7) is -0.605. The number of rotatable bonds is 7. The molecule has 3 aromatic rings. The van der Waals surface area contributed by atoms with Crippen LogP contribution < -0.4 is 4.72 Å². The van der Waals surface area contributed by atoms with E-state index in [1.54, 1.807) is 18.2 Å². The fraction of sp³-hybridized carbons (Fsp3) is 0.111. The molecule has 7 nitrogen and oxygen atoms in total. The van der Waals surface area contributed by atoms with Crippen LogP contribution in [0.15, 0.2) is 74.6 Å². The molecule has 0 atom stereocenters. The van der Waals surface area contributed by atoms with Crippen molar-refractivity contribution in [2.45, 2.75) is 11.5 Å². The van der Waals surface area contributed by atoms with Crippen LogP contribution in [0.4, 0.5) is 0 Å². The van der Waals surface area contributed by atoms with Crippen LogP contribution >= 0.6 is 15.9 Å². The maximum atomic E-state index is 12.2. The minimum absolute atomic E-state index is 0.0497. The van der Waals surface area contributed by atoms with Gasteiger partial charge in [0.15, 0.2) is 5.76 Å². The molecule has 0 fully saturated rings. The SMILES string of the molecule is O=C(CNS(=O)(=O)c1cccc(Br)c1)OCc1cc(-c2ccccc2)on1. The largest absolute Gasteiger partial charge is 0.458 e. The second kappa shape index (κ2) is 8.47. The van der Waals surface area contributed by atoms with Crippen molar-refractivity contribution in [3.8, 4) is 11.3 Å². The van der Waals surface area contributed by atoms with E-state index in [4.69, 9.17) is 9.26 Å². The van der Waals surface area contributed by atoms with Crippen molar-refractivity contribution in [2.75, 3.05) is 6.54 Å². The molecule has 140 valence electrons. The first-order chi connectivity index (χ1) is 12.9. The van der Waals surface area contributed by atoms with Gasteiger partial charge in [0.2, 0.25) is 10.0 Å². The van der Waals surface area contributed by atoms with Gasteiger partial charge in [-0.05, 0) is 18.2 Å².